The Labute approximate surface area is 145 Å². The van der Waals surface area contributed by atoms with Crippen LogP contribution in [0.25, 0.3) is 0 Å². The molecule has 2 aliphatic rings. The van der Waals surface area contributed by atoms with Gasteiger partial charge in [0.2, 0.25) is 0 Å². The number of likely N-dealkylation sites (N-methyl/N-ethyl adjacent to an activating group) is 2. The van der Waals surface area contributed by atoms with Crippen molar-refractivity contribution in [3.05, 3.63) is 29.8 Å². The second-order valence-corrected chi connectivity index (χ2v) is 6.22. The molecule has 8 nitrogen and oxygen atoms in total. The van der Waals surface area contributed by atoms with Gasteiger partial charge in [0.05, 0.1) is 0 Å². The van der Waals surface area contributed by atoms with Crippen LogP contribution in [0.2, 0.25) is 0 Å². The normalized spacial score (nSPS) is 21.0. The van der Waals surface area contributed by atoms with Crippen LogP contribution < -0.4 is 4.74 Å². The molecule has 3 amide bonds. The maximum absolute atomic E-state index is 12.4. The maximum atomic E-state index is 12.4. The van der Waals surface area contributed by atoms with Crippen LogP contribution in [0.5, 0.6) is 5.75 Å². The van der Waals surface area contributed by atoms with Crippen molar-refractivity contribution in [3.63, 3.8) is 0 Å². The van der Waals surface area contributed by atoms with Gasteiger partial charge in [-0.2, -0.15) is 0 Å². The van der Waals surface area contributed by atoms with Crippen molar-refractivity contribution in [2.75, 3.05) is 27.2 Å². The number of hydrogen-bond donors (Lipinski definition) is 1. The van der Waals surface area contributed by atoms with Crippen LogP contribution >= 0.6 is 0 Å². The number of carbonyl (C=O) groups excluding carboxylic acids is 2. The average Bonchev–Trinajstić information content (AvgIpc) is 3.00. The smallest absolute Gasteiger partial charge is 0.333 e. The summed E-state index contributed by atoms with van der Waals surface area (Å²) in [5, 5.41) is 10.3. The third-order valence-corrected chi connectivity index (χ3v) is 4.25. The summed E-state index contributed by atoms with van der Waals surface area (Å²) in [6.45, 7) is 2.23. The molecule has 25 heavy (non-hydrogen) atoms. The SMILES string of the molecule is Cc1cccc(OCC(O)C[N+]2=CN=C3C2C(=O)N(C)C(=O)N3C)c1. The number of benzene rings is 1. The van der Waals surface area contributed by atoms with Gasteiger partial charge in [0.15, 0.2) is 0 Å². The van der Waals surface area contributed by atoms with Gasteiger partial charge in [-0.25, -0.2) is 9.37 Å². The molecule has 2 aliphatic heterocycles. The molecule has 2 atom stereocenters. The second kappa shape index (κ2) is 6.64. The van der Waals surface area contributed by atoms with Crippen LogP contribution in [-0.4, -0.2) is 83.0 Å². The number of hydrogen-bond acceptors (Lipinski definition) is 5. The summed E-state index contributed by atoms with van der Waals surface area (Å²) in [5.41, 5.74) is 1.07. The molecule has 0 spiro atoms. The lowest BCUT2D eigenvalue weighted by atomic mass is 10.1. The summed E-state index contributed by atoms with van der Waals surface area (Å²) in [5.74, 6) is 0.697. The fraction of sp³-hybridized carbons (Fsp3) is 0.412. The van der Waals surface area contributed by atoms with Gasteiger partial charge in [0.25, 0.3) is 24.1 Å². The fourth-order valence-corrected chi connectivity index (χ4v) is 2.89. The molecule has 3 rings (SSSR count). The molecule has 1 fully saturated rings. The van der Waals surface area contributed by atoms with Gasteiger partial charge in [-0.3, -0.25) is 14.6 Å². The zero-order chi connectivity index (χ0) is 18.1. The highest BCUT2D eigenvalue weighted by atomic mass is 16.5. The van der Waals surface area contributed by atoms with E-state index in [4.69, 9.17) is 4.74 Å². The van der Waals surface area contributed by atoms with Crippen molar-refractivity contribution in [1.82, 2.24) is 9.80 Å². The molecule has 0 bridgehead atoms. The van der Waals surface area contributed by atoms with Gasteiger partial charge in [-0.15, -0.1) is 0 Å². The number of aliphatic hydroxyl groups is 1. The largest absolute Gasteiger partial charge is 0.491 e. The van der Waals surface area contributed by atoms with Crippen molar-refractivity contribution in [1.29, 1.82) is 0 Å². The quantitative estimate of drug-likeness (QED) is 0.766. The number of aryl methyl sites for hydroxylation is 1. The molecular weight excluding hydrogens is 324 g/mol. The van der Waals surface area contributed by atoms with Gasteiger partial charge in [0, 0.05) is 14.1 Å². The van der Waals surface area contributed by atoms with E-state index in [1.165, 1.54) is 18.3 Å². The van der Waals surface area contributed by atoms with Gasteiger partial charge in [0.1, 0.15) is 25.0 Å². The lowest BCUT2D eigenvalue weighted by Gasteiger charge is -2.31. The number of rotatable bonds is 5. The number of fused-ring (bicyclic) bond motifs is 1. The number of nitrogens with zero attached hydrogens (tertiary/aromatic N) is 4. The average molecular weight is 345 g/mol. The molecule has 1 aromatic carbocycles. The molecule has 0 aliphatic carbocycles. The zero-order valence-electron chi connectivity index (χ0n) is 14.4. The number of imide groups is 1. The predicted octanol–water partition coefficient (Wildman–Crippen LogP) is 0.0800. The molecule has 132 valence electrons. The molecule has 0 radical (unpaired) electrons. The van der Waals surface area contributed by atoms with Crippen molar-refractivity contribution in [2.24, 2.45) is 4.99 Å². The van der Waals surface area contributed by atoms with Crippen molar-refractivity contribution in [3.8, 4) is 5.75 Å². The summed E-state index contributed by atoms with van der Waals surface area (Å²) >= 11 is 0. The Morgan fingerprint density at radius 3 is 2.80 bits per heavy atom. The number of aliphatic hydroxyl groups excluding tert-OH is 1. The molecule has 1 N–H and O–H groups in total. The van der Waals surface area contributed by atoms with E-state index in [2.05, 4.69) is 4.99 Å². The van der Waals surface area contributed by atoms with E-state index in [1.54, 1.807) is 11.6 Å². The Bertz CT molecular complexity index is 774. The Kier molecular flexibility index (Phi) is 4.54. The van der Waals surface area contributed by atoms with E-state index in [0.29, 0.717) is 11.6 Å². The summed E-state index contributed by atoms with van der Waals surface area (Å²) in [6, 6.07) is 6.44. The highest BCUT2D eigenvalue weighted by molar-refractivity contribution is 6.21. The lowest BCUT2D eigenvalue weighted by Crippen LogP contribution is -2.62. The molecular formula is C17H21N4O4+. The first-order chi connectivity index (χ1) is 11.9. The van der Waals surface area contributed by atoms with E-state index < -0.39 is 18.2 Å². The summed E-state index contributed by atoms with van der Waals surface area (Å²) in [6.07, 6.45) is 0.670. The third-order valence-electron chi connectivity index (χ3n) is 4.25. The Morgan fingerprint density at radius 1 is 1.32 bits per heavy atom. The molecule has 8 heteroatoms. The number of ether oxygens (including phenoxy) is 1. The van der Waals surface area contributed by atoms with Gasteiger partial charge < -0.3 is 9.84 Å². The monoisotopic (exact) mass is 345 g/mol. The van der Waals surface area contributed by atoms with Crippen molar-refractivity contribution in [2.45, 2.75) is 19.1 Å². The summed E-state index contributed by atoms with van der Waals surface area (Å²) in [4.78, 5) is 30.9. The number of amides is 3. The van der Waals surface area contributed by atoms with E-state index in [0.717, 1.165) is 10.5 Å². The highest BCUT2D eigenvalue weighted by Gasteiger charge is 2.50. The van der Waals surface area contributed by atoms with Crippen LogP contribution in [0.3, 0.4) is 0 Å². The molecule has 2 heterocycles. The number of aliphatic imine (C=N–C) groups is 1. The Morgan fingerprint density at radius 2 is 2.08 bits per heavy atom. The van der Waals surface area contributed by atoms with Crippen molar-refractivity contribution < 1.29 is 24.0 Å². The first-order valence-electron chi connectivity index (χ1n) is 7.98. The number of amidine groups is 1. The van der Waals surface area contributed by atoms with Gasteiger partial charge >= 0.3 is 6.03 Å². The first-order valence-corrected chi connectivity index (χ1v) is 7.98. The lowest BCUT2D eigenvalue weighted by molar-refractivity contribution is -0.539. The van der Waals surface area contributed by atoms with Crippen LogP contribution in [0.4, 0.5) is 4.79 Å². The summed E-state index contributed by atoms with van der Waals surface area (Å²) in [7, 11) is 3.01. The van der Waals surface area contributed by atoms with Crippen LogP contribution in [-0.2, 0) is 4.79 Å². The number of β-amino-alcohol motifs (C(OH)–C–C–N with tert-alkyl or cyclic N) is 1. The van der Waals surface area contributed by atoms with Gasteiger partial charge in [-0.05, 0) is 29.6 Å². The highest BCUT2D eigenvalue weighted by Crippen LogP contribution is 2.17. The predicted molar refractivity (Wildman–Crippen MR) is 91.0 cm³/mol. The minimum atomic E-state index is -0.813. The molecule has 0 saturated carbocycles. The van der Waals surface area contributed by atoms with E-state index >= 15 is 0 Å². The fourth-order valence-electron chi connectivity index (χ4n) is 2.89. The van der Waals surface area contributed by atoms with Gasteiger partial charge in [-0.1, -0.05) is 12.1 Å². The molecule has 2 unspecified atom stereocenters. The zero-order valence-corrected chi connectivity index (χ0v) is 14.4. The Balaban J connectivity index is 1.62. The van der Waals surface area contributed by atoms with E-state index in [-0.39, 0.29) is 19.1 Å². The van der Waals surface area contributed by atoms with Crippen LogP contribution in [0.1, 0.15) is 5.56 Å². The topological polar surface area (TPSA) is 85.5 Å². The maximum Gasteiger partial charge on any atom is 0.333 e. The second-order valence-electron chi connectivity index (χ2n) is 6.22. The minimum Gasteiger partial charge on any atom is -0.491 e. The van der Waals surface area contributed by atoms with Crippen molar-refractivity contribution >= 4 is 24.1 Å². The molecule has 1 saturated heterocycles. The van der Waals surface area contributed by atoms with Crippen LogP contribution in [0, 0.1) is 6.92 Å². The van der Waals surface area contributed by atoms with E-state index in [1.807, 2.05) is 31.2 Å². The molecule has 1 aromatic rings. The number of carbonyl (C=O) groups is 2. The van der Waals surface area contributed by atoms with E-state index in [9.17, 15) is 14.7 Å². The first kappa shape index (κ1) is 17.1. The Hall–Kier alpha value is -2.74. The molecule has 0 aromatic heterocycles. The number of urea groups is 1. The standard InChI is InChI=1S/C17H21N4O4/c1-11-5-4-6-13(7-11)25-9-12(22)8-21-10-18-15-14(21)16(23)20(3)17(24)19(15)2/h4-7,10,12,14,22H,8-9H2,1-3H3/q+1. The van der Waals surface area contributed by atoms with Crippen LogP contribution in [0.15, 0.2) is 29.3 Å². The third kappa shape index (κ3) is 3.25. The summed E-state index contributed by atoms with van der Waals surface area (Å²) < 4.78 is 7.22. The minimum absolute atomic E-state index is 0.0919.